The van der Waals surface area contributed by atoms with Crippen LogP contribution in [0.1, 0.15) is 5.82 Å². The minimum atomic E-state index is -5.70. The lowest BCUT2D eigenvalue weighted by Crippen LogP contribution is -2.34. The summed E-state index contributed by atoms with van der Waals surface area (Å²) in [5, 5.41) is 0. The maximum Gasteiger partial charge on any atom is 0.461 e. The van der Waals surface area contributed by atoms with Crippen molar-refractivity contribution in [1.29, 1.82) is 0 Å². The van der Waals surface area contributed by atoms with Gasteiger partial charge in [0.15, 0.2) is 5.82 Å². The Labute approximate surface area is 91.4 Å². The van der Waals surface area contributed by atoms with Crippen LogP contribution in [0.15, 0.2) is 18.2 Å². The summed E-state index contributed by atoms with van der Waals surface area (Å²) in [6.07, 6.45) is -5.70. The molecule has 0 radical (unpaired) electrons. The maximum absolute atomic E-state index is 13.0. The second-order valence-electron chi connectivity index (χ2n) is 3.40. The molecule has 0 aliphatic heterocycles. The fourth-order valence-electron chi connectivity index (χ4n) is 1.34. The van der Waals surface area contributed by atoms with Crippen molar-refractivity contribution < 1.29 is 22.0 Å². The average molecular weight is 251 g/mol. The zero-order valence-corrected chi connectivity index (χ0v) is 8.15. The molecule has 8 heteroatoms. The number of nitrogens with one attached hydrogen (secondary N) is 1. The van der Waals surface area contributed by atoms with E-state index in [-0.39, 0.29) is 16.7 Å². The minimum absolute atomic E-state index is 0.0305. The van der Waals surface area contributed by atoms with Crippen LogP contribution in [0.5, 0.6) is 0 Å². The summed E-state index contributed by atoms with van der Waals surface area (Å²) >= 11 is 0. The Morgan fingerprint density at radius 1 is 1.12 bits per heavy atom. The van der Waals surface area contributed by atoms with E-state index in [0.29, 0.717) is 0 Å². The number of nitrogen functional groups attached to an aromatic ring is 1. The van der Waals surface area contributed by atoms with Crippen molar-refractivity contribution >= 4 is 16.7 Å². The fraction of sp³-hybridized carbons (Fsp3) is 0.222. The highest BCUT2D eigenvalue weighted by molar-refractivity contribution is 5.86. The van der Waals surface area contributed by atoms with E-state index in [9.17, 15) is 22.0 Å². The molecule has 0 unspecified atom stereocenters. The van der Waals surface area contributed by atoms with Crippen LogP contribution in [0, 0.1) is 0 Å². The van der Waals surface area contributed by atoms with Crippen LogP contribution in [-0.2, 0) is 5.92 Å². The highest BCUT2D eigenvalue weighted by atomic mass is 19.4. The van der Waals surface area contributed by atoms with Crippen molar-refractivity contribution in [2.24, 2.45) is 0 Å². The van der Waals surface area contributed by atoms with Crippen molar-refractivity contribution in [3.63, 3.8) is 0 Å². The van der Waals surface area contributed by atoms with Gasteiger partial charge in [0.05, 0.1) is 11.2 Å². The molecule has 0 aliphatic carbocycles. The van der Waals surface area contributed by atoms with Crippen LogP contribution < -0.4 is 5.73 Å². The zero-order chi connectivity index (χ0) is 12.8. The number of nitrogens with two attached hydrogens (primary N) is 1. The molecule has 0 saturated carbocycles. The van der Waals surface area contributed by atoms with Gasteiger partial charge in [-0.25, -0.2) is 4.98 Å². The maximum atomic E-state index is 13.0. The third-order valence-electron chi connectivity index (χ3n) is 2.20. The van der Waals surface area contributed by atoms with E-state index in [1.54, 1.807) is 0 Å². The van der Waals surface area contributed by atoms with Gasteiger partial charge < -0.3 is 10.7 Å². The molecule has 0 bridgehead atoms. The number of aromatic amines is 1. The quantitative estimate of drug-likeness (QED) is 0.604. The van der Waals surface area contributed by atoms with Gasteiger partial charge in [-0.3, -0.25) is 0 Å². The predicted octanol–water partition coefficient (Wildman–Crippen LogP) is 2.80. The largest absolute Gasteiger partial charge is 0.461 e. The summed E-state index contributed by atoms with van der Waals surface area (Å²) in [4.78, 5) is 5.12. The first kappa shape index (κ1) is 11.6. The number of fused-ring (bicyclic) bond motifs is 1. The van der Waals surface area contributed by atoms with Crippen molar-refractivity contribution in [3.05, 3.63) is 24.0 Å². The van der Waals surface area contributed by atoms with E-state index in [1.165, 1.54) is 18.2 Å². The number of anilines is 1. The molecule has 3 nitrogen and oxygen atoms in total. The lowest BCUT2D eigenvalue weighted by Gasteiger charge is -2.16. The number of H-pyrrole nitrogens is 1. The fourth-order valence-corrected chi connectivity index (χ4v) is 1.34. The summed E-state index contributed by atoms with van der Waals surface area (Å²) in [5.41, 5.74) is 5.37. The summed E-state index contributed by atoms with van der Waals surface area (Å²) in [5.74, 6) is -6.49. The molecule has 0 atom stereocenters. The van der Waals surface area contributed by atoms with Crippen LogP contribution in [0.4, 0.5) is 27.6 Å². The number of halogens is 5. The molecule has 2 rings (SSSR count). The third-order valence-corrected chi connectivity index (χ3v) is 2.20. The molecule has 17 heavy (non-hydrogen) atoms. The summed E-state index contributed by atoms with van der Waals surface area (Å²) in [6.45, 7) is 0. The number of imidazole rings is 1. The minimum Gasteiger partial charge on any atom is -0.397 e. The van der Waals surface area contributed by atoms with Gasteiger partial charge in [0.2, 0.25) is 0 Å². The molecule has 0 amide bonds. The van der Waals surface area contributed by atoms with Crippen LogP contribution in [-0.4, -0.2) is 16.1 Å². The number of aromatic nitrogens is 2. The van der Waals surface area contributed by atoms with Gasteiger partial charge in [-0.15, -0.1) is 0 Å². The lowest BCUT2D eigenvalue weighted by atomic mass is 10.3. The Hall–Kier alpha value is -1.86. The van der Waals surface area contributed by atoms with Gasteiger partial charge >= 0.3 is 12.1 Å². The Balaban J connectivity index is 2.62. The Morgan fingerprint density at radius 3 is 2.29 bits per heavy atom. The molecule has 1 aromatic heterocycles. The monoisotopic (exact) mass is 251 g/mol. The zero-order valence-electron chi connectivity index (χ0n) is 8.15. The lowest BCUT2D eigenvalue weighted by molar-refractivity contribution is -0.292. The molecular weight excluding hydrogens is 245 g/mol. The highest BCUT2D eigenvalue weighted by Crippen LogP contribution is 2.43. The van der Waals surface area contributed by atoms with E-state index in [0.717, 1.165) is 0 Å². The summed E-state index contributed by atoms with van der Waals surface area (Å²) in [7, 11) is 0. The molecule has 2 aromatic rings. The predicted molar refractivity (Wildman–Crippen MR) is 50.5 cm³/mol. The molecular formula is C9H6F5N3. The Kier molecular flexibility index (Phi) is 2.27. The van der Waals surface area contributed by atoms with Crippen LogP contribution in [0.3, 0.4) is 0 Å². The second kappa shape index (κ2) is 3.31. The summed E-state index contributed by atoms with van der Waals surface area (Å²) < 4.78 is 62.3. The molecule has 92 valence electrons. The topological polar surface area (TPSA) is 54.7 Å². The highest BCUT2D eigenvalue weighted by Gasteiger charge is 2.61. The Bertz CT molecular complexity index is 557. The average Bonchev–Trinajstić information content (AvgIpc) is 2.61. The van der Waals surface area contributed by atoms with Crippen LogP contribution in [0.2, 0.25) is 0 Å². The number of hydrogen-bond acceptors (Lipinski definition) is 2. The molecule has 0 saturated heterocycles. The van der Waals surface area contributed by atoms with Gasteiger partial charge in [0.25, 0.3) is 0 Å². The van der Waals surface area contributed by atoms with Crippen molar-refractivity contribution in [3.8, 4) is 0 Å². The van der Waals surface area contributed by atoms with Gasteiger partial charge in [0.1, 0.15) is 5.52 Å². The number of nitrogens with zero attached hydrogens (tertiary/aromatic N) is 1. The van der Waals surface area contributed by atoms with E-state index < -0.39 is 17.9 Å². The van der Waals surface area contributed by atoms with Crippen molar-refractivity contribution in [2.45, 2.75) is 12.1 Å². The molecule has 0 fully saturated rings. The molecule has 0 spiro atoms. The van der Waals surface area contributed by atoms with Crippen molar-refractivity contribution in [2.75, 3.05) is 5.73 Å². The van der Waals surface area contributed by atoms with E-state index in [4.69, 9.17) is 5.73 Å². The van der Waals surface area contributed by atoms with Gasteiger partial charge in [-0.05, 0) is 12.1 Å². The first-order valence-corrected chi connectivity index (χ1v) is 4.42. The third kappa shape index (κ3) is 1.69. The summed E-state index contributed by atoms with van der Waals surface area (Å²) in [6, 6.07) is 4.10. The van der Waals surface area contributed by atoms with Crippen LogP contribution >= 0.6 is 0 Å². The molecule has 1 heterocycles. The standard InChI is InChI=1S/C9H6F5N3/c10-8(11,9(12,13)14)7-16-5-3-1-2-4(15)6(5)17-7/h1-3H,15H2,(H,16,17). The van der Waals surface area contributed by atoms with E-state index in [1.807, 2.05) is 4.98 Å². The van der Waals surface area contributed by atoms with E-state index in [2.05, 4.69) is 4.98 Å². The smallest absolute Gasteiger partial charge is 0.397 e. The first-order chi connectivity index (χ1) is 7.73. The molecule has 1 aromatic carbocycles. The Morgan fingerprint density at radius 2 is 1.76 bits per heavy atom. The molecule has 0 aliphatic rings. The number of hydrogen-bond donors (Lipinski definition) is 2. The second-order valence-corrected chi connectivity index (χ2v) is 3.40. The SMILES string of the molecule is Nc1cccc2[nH]c(C(F)(F)C(F)(F)F)nc12. The van der Waals surface area contributed by atoms with Gasteiger partial charge in [-0.1, -0.05) is 6.07 Å². The van der Waals surface area contributed by atoms with Gasteiger partial charge in [0, 0.05) is 0 Å². The molecule has 3 N–H and O–H groups in total. The number of alkyl halides is 5. The van der Waals surface area contributed by atoms with Crippen LogP contribution in [0.25, 0.3) is 11.0 Å². The first-order valence-electron chi connectivity index (χ1n) is 4.42. The normalized spacial score (nSPS) is 13.2. The van der Waals surface area contributed by atoms with Gasteiger partial charge in [-0.2, -0.15) is 22.0 Å². The number of para-hydroxylation sites is 1. The number of rotatable bonds is 1. The van der Waals surface area contributed by atoms with E-state index >= 15 is 0 Å². The number of benzene rings is 1. The van der Waals surface area contributed by atoms with Crippen molar-refractivity contribution in [1.82, 2.24) is 9.97 Å².